The van der Waals surface area contributed by atoms with Crippen molar-refractivity contribution >= 4 is 23.1 Å². The molecule has 2 aromatic rings. The van der Waals surface area contributed by atoms with Crippen molar-refractivity contribution in [3.8, 4) is 0 Å². The number of carbonyl (C=O) groups is 1. The Morgan fingerprint density at radius 2 is 2.24 bits per heavy atom. The Labute approximate surface area is 96.1 Å². The fraction of sp³-hybridized carbons (Fsp3) is 0.273. The number of benzene rings is 1. The fourth-order valence-electron chi connectivity index (χ4n) is 1.79. The van der Waals surface area contributed by atoms with Crippen molar-refractivity contribution in [2.75, 3.05) is 18.0 Å². The molecule has 6 nitrogen and oxygen atoms in total. The van der Waals surface area contributed by atoms with Crippen LogP contribution in [0.5, 0.6) is 0 Å². The second-order valence-electron chi connectivity index (χ2n) is 4.04. The second-order valence-corrected chi connectivity index (χ2v) is 4.04. The Kier molecular flexibility index (Phi) is 2.05. The van der Waals surface area contributed by atoms with Crippen molar-refractivity contribution in [3.05, 3.63) is 23.8 Å². The molecule has 3 rings (SSSR count). The summed E-state index contributed by atoms with van der Waals surface area (Å²) in [7, 11) is 0. The van der Waals surface area contributed by atoms with Gasteiger partial charge in [0.05, 0.1) is 24.8 Å². The van der Waals surface area contributed by atoms with E-state index in [0.29, 0.717) is 30.2 Å². The maximum atomic E-state index is 10.8. The molecule has 88 valence electrons. The number of aromatic nitrogens is 1. The van der Waals surface area contributed by atoms with Gasteiger partial charge >= 0.3 is 5.97 Å². The number of fused-ring (bicyclic) bond motifs is 1. The molecule has 1 aromatic heterocycles. The summed E-state index contributed by atoms with van der Waals surface area (Å²) in [5.74, 6) is -0.996. The molecule has 1 fully saturated rings. The normalized spacial score (nSPS) is 16.2. The van der Waals surface area contributed by atoms with E-state index < -0.39 is 5.97 Å². The molecule has 2 N–H and O–H groups in total. The van der Waals surface area contributed by atoms with Gasteiger partial charge in [-0.2, -0.15) is 4.98 Å². The number of β-amino-alcohol motifs (C(OH)–C–C–N with tert-alkyl or cyclic N) is 1. The van der Waals surface area contributed by atoms with Crippen LogP contribution in [0.4, 0.5) is 6.01 Å². The van der Waals surface area contributed by atoms with E-state index in [1.54, 1.807) is 11.0 Å². The predicted octanol–water partition coefficient (Wildman–Crippen LogP) is 0.707. The van der Waals surface area contributed by atoms with Crippen LogP contribution in [0.1, 0.15) is 10.4 Å². The van der Waals surface area contributed by atoms with Gasteiger partial charge in [0.2, 0.25) is 0 Å². The third-order valence-electron chi connectivity index (χ3n) is 2.76. The Bertz CT molecular complexity index is 586. The summed E-state index contributed by atoms with van der Waals surface area (Å²) in [5, 5.41) is 18.0. The monoisotopic (exact) mass is 234 g/mol. The van der Waals surface area contributed by atoms with E-state index >= 15 is 0 Å². The molecule has 0 amide bonds. The Morgan fingerprint density at radius 3 is 2.88 bits per heavy atom. The summed E-state index contributed by atoms with van der Waals surface area (Å²) in [6, 6.07) is 4.97. The molecule has 1 aliphatic rings. The number of hydrogen-bond donors (Lipinski definition) is 2. The zero-order valence-corrected chi connectivity index (χ0v) is 8.83. The van der Waals surface area contributed by atoms with E-state index in [2.05, 4.69) is 4.98 Å². The summed E-state index contributed by atoms with van der Waals surface area (Å²) in [6.45, 7) is 0.997. The zero-order valence-electron chi connectivity index (χ0n) is 8.83. The van der Waals surface area contributed by atoms with Crippen LogP contribution < -0.4 is 4.90 Å². The number of carboxylic acid groups (broad SMARTS) is 1. The SMILES string of the molecule is O=C(O)c1ccc2nc(N3CC(O)C3)oc2c1. The van der Waals surface area contributed by atoms with Gasteiger partial charge in [-0.3, -0.25) is 0 Å². The molecule has 0 saturated carbocycles. The van der Waals surface area contributed by atoms with Crippen molar-refractivity contribution in [1.82, 2.24) is 4.98 Å². The Morgan fingerprint density at radius 1 is 1.47 bits per heavy atom. The third kappa shape index (κ3) is 1.62. The highest BCUT2D eigenvalue weighted by Crippen LogP contribution is 2.25. The molecular formula is C11H10N2O4. The number of nitrogens with zero attached hydrogens (tertiary/aromatic N) is 2. The number of hydrogen-bond acceptors (Lipinski definition) is 5. The molecule has 0 atom stereocenters. The summed E-state index contributed by atoms with van der Waals surface area (Å²) in [5.41, 5.74) is 1.23. The average molecular weight is 234 g/mol. The lowest BCUT2D eigenvalue weighted by molar-refractivity contribution is 0.0697. The number of aliphatic hydroxyl groups is 1. The van der Waals surface area contributed by atoms with Crippen LogP contribution in [-0.2, 0) is 0 Å². The standard InChI is InChI=1S/C11H10N2O4/c14-7-4-13(5-7)11-12-8-2-1-6(10(15)16)3-9(8)17-11/h1-3,7,14H,4-5H2,(H,15,16). The number of oxazole rings is 1. The third-order valence-corrected chi connectivity index (χ3v) is 2.76. The highest BCUT2D eigenvalue weighted by Gasteiger charge is 2.28. The average Bonchev–Trinajstić information content (AvgIpc) is 2.66. The molecule has 0 unspecified atom stereocenters. The Hall–Kier alpha value is -2.08. The summed E-state index contributed by atoms with van der Waals surface area (Å²) < 4.78 is 5.45. The molecule has 0 aliphatic carbocycles. The van der Waals surface area contributed by atoms with E-state index in [9.17, 15) is 9.90 Å². The van der Waals surface area contributed by atoms with Gasteiger partial charge in [-0.05, 0) is 18.2 Å². The summed E-state index contributed by atoms with van der Waals surface area (Å²) >= 11 is 0. The van der Waals surface area contributed by atoms with Crippen molar-refractivity contribution in [1.29, 1.82) is 0 Å². The molecule has 1 aromatic carbocycles. The maximum Gasteiger partial charge on any atom is 0.335 e. The van der Waals surface area contributed by atoms with Crippen molar-refractivity contribution in [2.45, 2.75) is 6.10 Å². The van der Waals surface area contributed by atoms with Crippen LogP contribution in [0.3, 0.4) is 0 Å². The number of rotatable bonds is 2. The van der Waals surface area contributed by atoms with E-state index in [1.807, 2.05) is 0 Å². The lowest BCUT2D eigenvalue weighted by Crippen LogP contribution is -2.51. The minimum absolute atomic E-state index is 0.170. The molecule has 2 heterocycles. The first-order valence-electron chi connectivity index (χ1n) is 5.20. The van der Waals surface area contributed by atoms with Crippen molar-refractivity contribution in [3.63, 3.8) is 0 Å². The highest BCUT2D eigenvalue weighted by molar-refractivity contribution is 5.92. The Balaban J connectivity index is 1.98. The van der Waals surface area contributed by atoms with Gasteiger partial charge in [0.25, 0.3) is 6.01 Å². The molecule has 0 bridgehead atoms. The largest absolute Gasteiger partial charge is 0.478 e. The minimum Gasteiger partial charge on any atom is -0.478 e. The number of aliphatic hydroxyl groups excluding tert-OH is 1. The minimum atomic E-state index is -0.996. The topological polar surface area (TPSA) is 86.8 Å². The van der Waals surface area contributed by atoms with Gasteiger partial charge in [0, 0.05) is 0 Å². The first-order valence-corrected chi connectivity index (χ1v) is 5.20. The quantitative estimate of drug-likeness (QED) is 0.795. The van der Waals surface area contributed by atoms with Gasteiger partial charge in [-0.15, -0.1) is 0 Å². The van der Waals surface area contributed by atoms with E-state index in [0.717, 1.165) is 0 Å². The van der Waals surface area contributed by atoms with Gasteiger partial charge in [0.1, 0.15) is 5.52 Å². The van der Waals surface area contributed by atoms with Crippen molar-refractivity contribution in [2.24, 2.45) is 0 Å². The molecule has 1 aliphatic heterocycles. The second kappa shape index (κ2) is 3.46. The number of aromatic carboxylic acids is 1. The maximum absolute atomic E-state index is 10.8. The fourth-order valence-corrected chi connectivity index (χ4v) is 1.79. The van der Waals surface area contributed by atoms with E-state index in [4.69, 9.17) is 9.52 Å². The highest BCUT2D eigenvalue weighted by atomic mass is 16.4. The lowest BCUT2D eigenvalue weighted by atomic mass is 10.2. The molecule has 0 spiro atoms. The number of carboxylic acids is 1. The predicted molar refractivity (Wildman–Crippen MR) is 59.2 cm³/mol. The molecule has 6 heteroatoms. The van der Waals surface area contributed by atoms with Gasteiger partial charge in [0.15, 0.2) is 5.58 Å². The molecule has 1 saturated heterocycles. The first kappa shape index (κ1) is 10.1. The van der Waals surface area contributed by atoms with Crippen LogP contribution in [0.15, 0.2) is 22.6 Å². The molecule has 0 radical (unpaired) electrons. The van der Waals surface area contributed by atoms with Crippen LogP contribution in [-0.4, -0.2) is 40.4 Å². The van der Waals surface area contributed by atoms with Gasteiger partial charge < -0.3 is 19.5 Å². The summed E-state index contributed by atoms with van der Waals surface area (Å²) in [6.07, 6.45) is -0.334. The van der Waals surface area contributed by atoms with Crippen LogP contribution >= 0.6 is 0 Å². The van der Waals surface area contributed by atoms with E-state index in [1.165, 1.54) is 12.1 Å². The van der Waals surface area contributed by atoms with Crippen LogP contribution in [0.25, 0.3) is 11.1 Å². The van der Waals surface area contributed by atoms with Crippen LogP contribution in [0, 0.1) is 0 Å². The number of anilines is 1. The summed E-state index contributed by atoms with van der Waals surface area (Å²) in [4.78, 5) is 16.8. The van der Waals surface area contributed by atoms with E-state index in [-0.39, 0.29) is 11.7 Å². The zero-order chi connectivity index (χ0) is 12.0. The van der Waals surface area contributed by atoms with Gasteiger partial charge in [-0.25, -0.2) is 4.79 Å². The smallest absolute Gasteiger partial charge is 0.335 e. The lowest BCUT2D eigenvalue weighted by Gasteiger charge is -2.34. The molecule has 17 heavy (non-hydrogen) atoms. The van der Waals surface area contributed by atoms with Gasteiger partial charge in [-0.1, -0.05) is 0 Å². The van der Waals surface area contributed by atoms with Crippen molar-refractivity contribution < 1.29 is 19.4 Å². The molecular weight excluding hydrogens is 224 g/mol. The first-order chi connectivity index (χ1) is 8.13. The van der Waals surface area contributed by atoms with Crippen LogP contribution in [0.2, 0.25) is 0 Å².